The van der Waals surface area contributed by atoms with Crippen molar-refractivity contribution in [2.45, 2.75) is 17.2 Å². The molecule has 10 heteroatoms. The Morgan fingerprint density at radius 1 is 1.21 bits per heavy atom. The van der Waals surface area contributed by atoms with Gasteiger partial charge in [0.1, 0.15) is 17.5 Å². The molecule has 8 nitrogen and oxygen atoms in total. The van der Waals surface area contributed by atoms with E-state index in [1.165, 1.54) is 27.7 Å². The maximum absolute atomic E-state index is 12.8. The third-order valence-corrected chi connectivity index (χ3v) is 7.11. The molecule has 33 heavy (non-hydrogen) atoms. The van der Waals surface area contributed by atoms with E-state index in [0.717, 1.165) is 15.8 Å². The zero-order valence-electron chi connectivity index (χ0n) is 17.6. The SMILES string of the molecule is CCOc1ccccc1Nc1nnc(SCC2=CC(=O)n3c(nc4ccccc43)C2C#N)s1. The van der Waals surface area contributed by atoms with Crippen molar-refractivity contribution in [3.63, 3.8) is 0 Å². The number of anilines is 2. The van der Waals surface area contributed by atoms with Gasteiger partial charge in [0.15, 0.2) is 4.34 Å². The predicted octanol–water partition coefficient (Wildman–Crippen LogP) is 5.01. The van der Waals surface area contributed by atoms with Crippen LogP contribution in [0.5, 0.6) is 5.75 Å². The largest absolute Gasteiger partial charge is 0.492 e. The summed E-state index contributed by atoms with van der Waals surface area (Å²) in [5.41, 5.74) is 2.95. The second-order valence-electron chi connectivity index (χ2n) is 7.13. The molecule has 4 aromatic rings. The number of nitriles is 1. The van der Waals surface area contributed by atoms with Crippen LogP contribution in [0.3, 0.4) is 0 Å². The lowest BCUT2D eigenvalue weighted by molar-refractivity contribution is 0.0964. The van der Waals surface area contributed by atoms with E-state index >= 15 is 0 Å². The van der Waals surface area contributed by atoms with E-state index in [0.29, 0.717) is 39.9 Å². The van der Waals surface area contributed by atoms with Gasteiger partial charge in [0.25, 0.3) is 5.91 Å². The van der Waals surface area contributed by atoms with Crippen molar-refractivity contribution < 1.29 is 9.53 Å². The van der Waals surface area contributed by atoms with E-state index in [9.17, 15) is 10.1 Å². The van der Waals surface area contributed by atoms with Crippen molar-refractivity contribution in [1.82, 2.24) is 19.7 Å². The molecule has 0 bridgehead atoms. The van der Waals surface area contributed by atoms with Crippen molar-refractivity contribution in [2.24, 2.45) is 0 Å². The number of allylic oxidation sites excluding steroid dienone is 1. The lowest BCUT2D eigenvalue weighted by Crippen LogP contribution is -2.22. The topological polar surface area (TPSA) is 106 Å². The van der Waals surface area contributed by atoms with Gasteiger partial charge in [-0.2, -0.15) is 5.26 Å². The number of para-hydroxylation sites is 4. The fraction of sp³-hybridized carbons (Fsp3) is 0.174. The highest BCUT2D eigenvalue weighted by Gasteiger charge is 2.31. The molecule has 1 unspecified atom stereocenters. The summed E-state index contributed by atoms with van der Waals surface area (Å²) in [6.07, 6.45) is 1.54. The molecule has 0 fully saturated rings. The number of carbonyl (C=O) groups is 1. The summed E-state index contributed by atoms with van der Waals surface area (Å²) < 4.78 is 7.90. The Labute approximate surface area is 197 Å². The molecule has 5 rings (SSSR count). The number of nitrogens with one attached hydrogen (secondary N) is 1. The fourth-order valence-electron chi connectivity index (χ4n) is 3.64. The van der Waals surface area contributed by atoms with Gasteiger partial charge in [-0.3, -0.25) is 9.36 Å². The summed E-state index contributed by atoms with van der Waals surface area (Å²) in [4.78, 5) is 17.4. The molecule has 1 aliphatic rings. The van der Waals surface area contributed by atoms with Crippen molar-refractivity contribution in [1.29, 1.82) is 5.26 Å². The van der Waals surface area contributed by atoms with Gasteiger partial charge in [-0.15, -0.1) is 10.2 Å². The number of aromatic nitrogens is 4. The Morgan fingerprint density at radius 3 is 2.88 bits per heavy atom. The molecule has 164 valence electrons. The highest BCUT2D eigenvalue weighted by molar-refractivity contribution is 8.01. The van der Waals surface area contributed by atoms with Crippen LogP contribution in [-0.4, -0.2) is 38.0 Å². The lowest BCUT2D eigenvalue weighted by atomic mass is 9.98. The number of nitrogens with zero attached hydrogens (tertiary/aromatic N) is 5. The van der Waals surface area contributed by atoms with Crippen LogP contribution in [0.2, 0.25) is 0 Å². The molecule has 2 aromatic heterocycles. The van der Waals surface area contributed by atoms with Crippen LogP contribution in [-0.2, 0) is 0 Å². The minimum atomic E-state index is -0.591. The highest BCUT2D eigenvalue weighted by Crippen LogP contribution is 2.36. The van der Waals surface area contributed by atoms with Crippen molar-refractivity contribution >= 4 is 50.9 Å². The minimum Gasteiger partial charge on any atom is -0.492 e. The zero-order chi connectivity index (χ0) is 22.8. The van der Waals surface area contributed by atoms with E-state index in [4.69, 9.17) is 4.74 Å². The highest BCUT2D eigenvalue weighted by atomic mass is 32.2. The summed E-state index contributed by atoms with van der Waals surface area (Å²) in [7, 11) is 0. The summed E-state index contributed by atoms with van der Waals surface area (Å²) in [6, 6.07) is 17.4. The molecule has 0 saturated heterocycles. The molecule has 0 spiro atoms. The Bertz CT molecular complexity index is 1420. The van der Waals surface area contributed by atoms with Crippen LogP contribution < -0.4 is 10.1 Å². The maximum Gasteiger partial charge on any atom is 0.256 e. The standard InChI is InChI=1S/C23H18N6O2S2/c1-2-31-19-10-6-4-8-17(19)26-22-27-28-23(33-22)32-13-14-11-20(30)29-18-9-5-3-7-16(18)25-21(29)15(14)12-24/h3-11,15H,2,13H2,1H3,(H,26,27). The summed E-state index contributed by atoms with van der Waals surface area (Å²) in [5.74, 6) is 0.875. The average molecular weight is 475 g/mol. The summed E-state index contributed by atoms with van der Waals surface area (Å²) in [6.45, 7) is 2.50. The van der Waals surface area contributed by atoms with E-state index in [-0.39, 0.29) is 5.91 Å². The van der Waals surface area contributed by atoms with Crippen LogP contribution in [0.1, 0.15) is 23.5 Å². The van der Waals surface area contributed by atoms with Gasteiger partial charge in [0.05, 0.1) is 29.4 Å². The number of benzene rings is 2. The van der Waals surface area contributed by atoms with Gasteiger partial charge in [-0.05, 0) is 36.8 Å². The van der Waals surface area contributed by atoms with Gasteiger partial charge in [0, 0.05) is 11.8 Å². The first kappa shape index (κ1) is 21.2. The number of thioether (sulfide) groups is 1. The van der Waals surface area contributed by atoms with Crippen LogP contribution in [0.4, 0.5) is 10.8 Å². The first-order valence-electron chi connectivity index (χ1n) is 10.2. The first-order chi connectivity index (χ1) is 16.2. The third kappa shape index (κ3) is 4.08. The normalized spacial score (nSPS) is 15.1. The Morgan fingerprint density at radius 2 is 2.03 bits per heavy atom. The molecule has 0 radical (unpaired) electrons. The Hall–Kier alpha value is -3.68. The average Bonchev–Trinajstić information content (AvgIpc) is 3.44. The monoisotopic (exact) mass is 474 g/mol. The fourth-order valence-corrected chi connectivity index (χ4v) is 5.42. The molecule has 2 aromatic carbocycles. The Balaban J connectivity index is 1.32. The molecule has 0 aliphatic carbocycles. The van der Waals surface area contributed by atoms with Gasteiger partial charge in [0.2, 0.25) is 5.13 Å². The Kier molecular flexibility index (Phi) is 5.81. The zero-order valence-corrected chi connectivity index (χ0v) is 19.2. The maximum atomic E-state index is 12.8. The van der Waals surface area contributed by atoms with Crippen LogP contribution in [0.15, 0.2) is 64.5 Å². The van der Waals surface area contributed by atoms with Gasteiger partial charge in [-0.1, -0.05) is 47.4 Å². The quantitative estimate of drug-likeness (QED) is 0.373. The molecule has 0 amide bonds. The predicted molar refractivity (Wildman–Crippen MR) is 128 cm³/mol. The van der Waals surface area contributed by atoms with Crippen LogP contribution in [0.25, 0.3) is 11.0 Å². The van der Waals surface area contributed by atoms with E-state index in [1.54, 1.807) is 6.08 Å². The summed E-state index contributed by atoms with van der Waals surface area (Å²) in [5, 5.41) is 22.2. The molecule has 1 atom stereocenters. The molecule has 1 aliphatic heterocycles. The second kappa shape index (κ2) is 9.05. The minimum absolute atomic E-state index is 0.187. The molecule has 1 N–H and O–H groups in total. The molecular weight excluding hydrogens is 456 g/mol. The van der Waals surface area contributed by atoms with Crippen molar-refractivity contribution in [2.75, 3.05) is 17.7 Å². The number of rotatable bonds is 7. The smallest absolute Gasteiger partial charge is 0.256 e. The van der Waals surface area contributed by atoms with E-state index in [2.05, 4.69) is 26.6 Å². The molecule has 0 saturated carbocycles. The first-order valence-corrected chi connectivity index (χ1v) is 12.0. The van der Waals surface area contributed by atoms with Crippen LogP contribution in [0, 0.1) is 11.3 Å². The number of ether oxygens (including phenoxy) is 1. The number of carbonyl (C=O) groups excluding carboxylic acids is 1. The van der Waals surface area contributed by atoms with E-state index < -0.39 is 5.92 Å². The van der Waals surface area contributed by atoms with Crippen LogP contribution >= 0.6 is 23.1 Å². The van der Waals surface area contributed by atoms with Gasteiger partial charge in [-0.25, -0.2) is 4.98 Å². The molecular formula is C23H18N6O2S2. The number of hydrogen-bond donors (Lipinski definition) is 1. The van der Waals surface area contributed by atoms with Gasteiger partial charge < -0.3 is 10.1 Å². The number of fused-ring (bicyclic) bond motifs is 3. The van der Waals surface area contributed by atoms with E-state index in [1.807, 2.05) is 55.5 Å². The van der Waals surface area contributed by atoms with Crippen molar-refractivity contribution in [3.05, 3.63) is 66.0 Å². The second-order valence-corrected chi connectivity index (χ2v) is 9.33. The molecule has 3 heterocycles. The lowest BCUT2D eigenvalue weighted by Gasteiger charge is -2.18. The number of hydrogen-bond acceptors (Lipinski definition) is 9. The third-order valence-electron chi connectivity index (χ3n) is 5.07. The van der Waals surface area contributed by atoms with Gasteiger partial charge >= 0.3 is 0 Å². The summed E-state index contributed by atoms with van der Waals surface area (Å²) >= 11 is 2.84. The number of imidazole rings is 1. The van der Waals surface area contributed by atoms with Crippen molar-refractivity contribution in [3.8, 4) is 11.8 Å².